The lowest BCUT2D eigenvalue weighted by molar-refractivity contribution is -0.147. The van der Waals surface area contributed by atoms with Gasteiger partial charge in [-0.15, -0.1) is 0 Å². The maximum Gasteiger partial charge on any atom is 0.420 e. The van der Waals surface area contributed by atoms with Crippen molar-refractivity contribution in [2.45, 2.75) is 25.3 Å². The van der Waals surface area contributed by atoms with Crippen molar-refractivity contribution in [1.82, 2.24) is 10.2 Å². The van der Waals surface area contributed by atoms with E-state index in [-0.39, 0.29) is 13.2 Å². The molecule has 2 atom stereocenters. The van der Waals surface area contributed by atoms with Crippen LogP contribution in [0.4, 0.5) is 9.59 Å². The topological polar surface area (TPSA) is 152 Å². The van der Waals surface area contributed by atoms with Gasteiger partial charge in [0.25, 0.3) is 0 Å². The van der Waals surface area contributed by atoms with Crippen molar-refractivity contribution < 1.29 is 43.6 Å². The third-order valence-electron chi connectivity index (χ3n) is 4.58. The number of carbonyl (C=O) groups excluding carboxylic acids is 4. The zero-order valence-electron chi connectivity index (χ0n) is 18.5. The number of imide groups is 1. The summed E-state index contributed by atoms with van der Waals surface area (Å²) in [6, 6.07) is 13.9. The van der Waals surface area contributed by atoms with Crippen LogP contribution in [0.3, 0.4) is 0 Å². The van der Waals surface area contributed by atoms with Crippen LogP contribution in [-0.2, 0) is 37.0 Å². The second-order valence-electron chi connectivity index (χ2n) is 6.92. The minimum Gasteiger partial charge on any atom is -0.467 e. The molecule has 11 heteroatoms. The quantitative estimate of drug-likeness (QED) is 0.338. The number of benzene rings is 2. The Morgan fingerprint density at radius 2 is 1.29 bits per heavy atom. The smallest absolute Gasteiger partial charge is 0.420 e. The Bertz CT molecular complexity index is 898. The van der Waals surface area contributed by atoms with Crippen LogP contribution < -0.4 is 5.32 Å². The second kappa shape index (κ2) is 13.6. The van der Waals surface area contributed by atoms with E-state index in [9.17, 15) is 29.4 Å². The number of rotatable bonds is 10. The van der Waals surface area contributed by atoms with Gasteiger partial charge in [0.05, 0.1) is 20.3 Å². The Hall–Kier alpha value is -3.96. The Morgan fingerprint density at radius 1 is 0.824 bits per heavy atom. The highest BCUT2D eigenvalue weighted by molar-refractivity contribution is 5.96. The SMILES string of the molecule is COC(=O)[C@H](CO)NC(=O)[C@H](CO)N(C(=O)OCc1ccccc1)C(=O)OCc1ccccc1. The number of esters is 1. The van der Waals surface area contributed by atoms with Gasteiger partial charge in [0, 0.05) is 0 Å². The van der Waals surface area contributed by atoms with Crippen LogP contribution in [-0.4, -0.2) is 71.6 Å². The summed E-state index contributed by atoms with van der Waals surface area (Å²) in [5.74, 6) is -2.07. The standard InChI is InChI=1S/C23H26N2O9/c1-32-21(29)18(12-26)24-20(28)19(13-27)25(22(30)33-14-16-8-4-2-5-9-16)23(31)34-15-17-10-6-3-7-11-17/h2-11,18-19,26-27H,12-15H2,1H3,(H,24,28)/t18-,19-/m0/s1. The Morgan fingerprint density at radius 3 is 1.68 bits per heavy atom. The van der Waals surface area contributed by atoms with Crippen molar-refractivity contribution in [3.63, 3.8) is 0 Å². The van der Waals surface area contributed by atoms with Gasteiger partial charge in [-0.1, -0.05) is 60.7 Å². The zero-order chi connectivity index (χ0) is 24.9. The molecule has 0 saturated heterocycles. The van der Waals surface area contributed by atoms with Crippen molar-refractivity contribution in [2.75, 3.05) is 20.3 Å². The number of ether oxygens (including phenoxy) is 3. The first-order valence-corrected chi connectivity index (χ1v) is 10.2. The fourth-order valence-electron chi connectivity index (χ4n) is 2.78. The normalized spacial score (nSPS) is 12.1. The molecule has 2 aromatic carbocycles. The number of hydrogen-bond donors (Lipinski definition) is 3. The van der Waals surface area contributed by atoms with Crippen LogP contribution in [0.5, 0.6) is 0 Å². The minimum absolute atomic E-state index is 0.219. The van der Waals surface area contributed by atoms with Gasteiger partial charge in [0.15, 0.2) is 6.04 Å². The minimum atomic E-state index is -1.81. The summed E-state index contributed by atoms with van der Waals surface area (Å²) in [6.45, 7) is -2.26. The molecule has 0 spiro atoms. The molecule has 0 bridgehead atoms. The summed E-state index contributed by atoms with van der Waals surface area (Å²) in [6.07, 6.45) is -2.51. The molecule has 3 N–H and O–H groups in total. The molecule has 2 aromatic rings. The molecule has 0 aliphatic carbocycles. The highest BCUT2D eigenvalue weighted by Gasteiger charge is 2.38. The monoisotopic (exact) mass is 474 g/mol. The molecule has 0 heterocycles. The lowest BCUT2D eigenvalue weighted by Crippen LogP contribution is -2.57. The molecule has 11 nitrogen and oxygen atoms in total. The lowest BCUT2D eigenvalue weighted by atomic mass is 10.2. The van der Waals surface area contributed by atoms with E-state index in [1.54, 1.807) is 60.7 Å². The van der Waals surface area contributed by atoms with Crippen LogP contribution >= 0.6 is 0 Å². The van der Waals surface area contributed by atoms with Crippen LogP contribution in [0, 0.1) is 0 Å². The van der Waals surface area contributed by atoms with Gasteiger partial charge in [-0.2, -0.15) is 4.90 Å². The van der Waals surface area contributed by atoms with Crippen molar-refractivity contribution in [3.8, 4) is 0 Å². The number of nitrogens with one attached hydrogen (secondary N) is 1. The summed E-state index contributed by atoms with van der Waals surface area (Å²) in [5.41, 5.74) is 1.23. The van der Waals surface area contributed by atoms with E-state index < -0.39 is 49.4 Å². The third-order valence-corrected chi connectivity index (χ3v) is 4.58. The Labute approximate surface area is 195 Å². The third kappa shape index (κ3) is 7.57. The van der Waals surface area contributed by atoms with Crippen molar-refractivity contribution in [3.05, 3.63) is 71.8 Å². The van der Waals surface area contributed by atoms with Gasteiger partial charge in [0.1, 0.15) is 19.3 Å². The Balaban J connectivity index is 2.21. The molecule has 182 valence electrons. The number of amides is 3. The predicted octanol–water partition coefficient (Wildman–Crippen LogP) is 0.973. The first kappa shape index (κ1) is 26.3. The first-order chi connectivity index (χ1) is 16.4. The highest BCUT2D eigenvalue weighted by atomic mass is 16.6. The molecule has 0 aromatic heterocycles. The van der Waals surface area contributed by atoms with Gasteiger partial charge >= 0.3 is 18.2 Å². The van der Waals surface area contributed by atoms with E-state index in [1.807, 2.05) is 0 Å². The van der Waals surface area contributed by atoms with E-state index in [1.165, 1.54) is 0 Å². The molecule has 0 fully saturated rings. The van der Waals surface area contributed by atoms with Crippen molar-refractivity contribution in [2.24, 2.45) is 0 Å². The molecule has 34 heavy (non-hydrogen) atoms. The molecule has 3 amide bonds. The predicted molar refractivity (Wildman–Crippen MR) is 117 cm³/mol. The van der Waals surface area contributed by atoms with Crippen LogP contribution in [0.2, 0.25) is 0 Å². The average molecular weight is 474 g/mol. The van der Waals surface area contributed by atoms with E-state index in [0.29, 0.717) is 16.0 Å². The molecule has 0 unspecified atom stereocenters. The van der Waals surface area contributed by atoms with E-state index in [4.69, 9.17) is 9.47 Å². The summed E-state index contributed by atoms with van der Waals surface area (Å²) in [7, 11) is 1.05. The number of carbonyl (C=O) groups is 4. The first-order valence-electron chi connectivity index (χ1n) is 10.2. The molecule has 0 aliphatic heterocycles. The van der Waals surface area contributed by atoms with Crippen LogP contribution in [0.25, 0.3) is 0 Å². The molecule has 0 saturated carbocycles. The van der Waals surface area contributed by atoms with Gasteiger partial charge < -0.3 is 29.7 Å². The number of methoxy groups -OCH3 is 1. The molecule has 0 aliphatic rings. The molecular formula is C23H26N2O9. The maximum atomic E-state index is 12.8. The number of hydrogen-bond acceptors (Lipinski definition) is 9. The summed E-state index contributed by atoms with van der Waals surface area (Å²) >= 11 is 0. The van der Waals surface area contributed by atoms with Gasteiger partial charge in [0.2, 0.25) is 5.91 Å². The van der Waals surface area contributed by atoms with Gasteiger partial charge in [-0.25, -0.2) is 14.4 Å². The van der Waals surface area contributed by atoms with Gasteiger partial charge in [-0.3, -0.25) is 4.79 Å². The number of aliphatic hydroxyl groups is 2. The number of aliphatic hydroxyl groups excluding tert-OH is 2. The van der Waals surface area contributed by atoms with Gasteiger partial charge in [-0.05, 0) is 11.1 Å². The average Bonchev–Trinajstić information content (AvgIpc) is 2.88. The van der Waals surface area contributed by atoms with E-state index >= 15 is 0 Å². The lowest BCUT2D eigenvalue weighted by Gasteiger charge is -2.27. The molecular weight excluding hydrogens is 448 g/mol. The van der Waals surface area contributed by atoms with E-state index in [2.05, 4.69) is 10.1 Å². The van der Waals surface area contributed by atoms with Crippen LogP contribution in [0.15, 0.2) is 60.7 Å². The fourth-order valence-corrected chi connectivity index (χ4v) is 2.78. The summed E-state index contributed by atoms with van der Waals surface area (Å²) in [4.78, 5) is 50.3. The van der Waals surface area contributed by atoms with Crippen molar-refractivity contribution in [1.29, 1.82) is 0 Å². The molecule has 2 rings (SSSR count). The fraction of sp³-hybridized carbons (Fsp3) is 0.304. The number of nitrogens with zero attached hydrogens (tertiary/aromatic N) is 1. The van der Waals surface area contributed by atoms with E-state index in [0.717, 1.165) is 7.11 Å². The summed E-state index contributed by atoms with van der Waals surface area (Å²) < 4.78 is 14.8. The maximum absolute atomic E-state index is 12.8. The van der Waals surface area contributed by atoms with Crippen molar-refractivity contribution >= 4 is 24.1 Å². The van der Waals surface area contributed by atoms with Crippen LogP contribution in [0.1, 0.15) is 11.1 Å². The summed E-state index contributed by atoms with van der Waals surface area (Å²) in [5, 5.41) is 21.3. The largest absolute Gasteiger partial charge is 0.467 e. The zero-order valence-corrected chi connectivity index (χ0v) is 18.5. The highest BCUT2D eigenvalue weighted by Crippen LogP contribution is 2.12. The molecule has 0 radical (unpaired) electrons. The second-order valence-corrected chi connectivity index (χ2v) is 6.92. The Kier molecular flexibility index (Phi) is 10.5.